The molecule has 1 N–H and O–H groups in total. The van der Waals surface area contributed by atoms with Gasteiger partial charge < -0.3 is 0 Å². The number of sulfonamides is 1. The van der Waals surface area contributed by atoms with Crippen molar-refractivity contribution in [1.29, 1.82) is 0 Å². The van der Waals surface area contributed by atoms with Gasteiger partial charge in [-0.15, -0.1) is 0 Å². The van der Waals surface area contributed by atoms with Crippen LogP contribution in [-0.2, 0) is 22.3 Å². The largest absolute Gasteiger partial charge is 0.280 e. The molecular formula is C19H21N3O2S. The van der Waals surface area contributed by atoms with Crippen LogP contribution in [0.1, 0.15) is 22.5 Å². The molecule has 3 rings (SSSR count). The van der Waals surface area contributed by atoms with E-state index in [9.17, 15) is 8.42 Å². The Morgan fingerprint density at radius 1 is 0.920 bits per heavy atom. The van der Waals surface area contributed by atoms with Gasteiger partial charge in [0.2, 0.25) is 10.0 Å². The van der Waals surface area contributed by atoms with Crippen molar-refractivity contribution in [1.82, 2.24) is 9.78 Å². The lowest BCUT2D eigenvalue weighted by Crippen LogP contribution is -2.16. The Kier molecular flexibility index (Phi) is 4.90. The molecule has 5 nitrogen and oxygen atoms in total. The van der Waals surface area contributed by atoms with Crippen LogP contribution >= 0.6 is 0 Å². The van der Waals surface area contributed by atoms with Crippen LogP contribution in [0.5, 0.6) is 0 Å². The molecule has 0 bridgehead atoms. The molecule has 25 heavy (non-hydrogen) atoms. The molecule has 0 radical (unpaired) electrons. The van der Waals surface area contributed by atoms with Crippen molar-refractivity contribution in [3.8, 4) is 0 Å². The van der Waals surface area contributed by atoms with Crippen molar-refractivity contribution < 1.29 is 8.42 Å². The van der Waals surface area contributed by atoms with Crippen molar-refractivity contribution >= 4 is 15.7 Å². The number of nitrogens with one attached hydrogen (secondary N) is 1. The highest BCUT2D eigenvalue weighted by Crippen LogP contribution is 2.22. The molecule has 130 valence electrons. The first kappa shape index (κ1) is 17.2. The van der Waals surface area contributed by atoms with E-state index in [4.69, 9.17) is 0 Å². The zero-order chi connectivity index (χ0) is 17.9. The van der Waals surface area contributed by atoms with Gasteiger partial charge in [0.25, 0.3) is 0 Å². The monoisotopic (exact) mass is 355 g/mol. The Balaban J connectivity index is 1.81. The summed E-state index contributed by atoms with van der Waals surface area (Å²) in [4.78, 5) is 0. The molecule has 0 aliphatic carbocycles. The van der Waals surface area contributed by atoms with Crippen LogP contribution in [-0.4, -0.2) is 18.2 Å². The molecule has 0 spiro atoms. The standard InChI is InChI=1S/C19H21N3O2S/c1-15-19(21-25(23,24)14-18-11-7-4-8-12-18)16(2)22(20-15)13-17-9-5-3-6-10-17/h3-12,21H,13-14H2,1-2H3. The maximum absolute atomic E-state index is 12.5. The maximum atomic E-state index is 12.5. The number of benzene rings is 2. The molecule has 0 unspecified atom stereocenters. The fraction of sp³-hybridized carbons (Fsp3) is 0.211. The van der Waals surface area contributed by atoms with E-state index in [0.717, 1.165) is 16.8 Å². The molecular weight excluding hydrogens is 334 g/mol. The van der Waals surface area contributed by atoms with E-state index < -0.39 is 10.0 Å². The smallest absolute Gasteiger partial charge is 0.237 e. The summed E-state index contributed by atoms with van der Waals surface area (Å²) >= 11 is 0. The topological polar surface area (TPSA) is 64.0 Å². The summed E-state index contributed by atoms with van der Waals surface area (Å²) < 4.78 is 29.5. The number of anilines is 1. The van der Waals surface area contributed by atoms with E-state index >= 15 is 0 Å². The normalized spacial score (nSPS) is 11.4. The van der Waals surface area contributed by atoms with Gasteiger partial charge in [-0.2, -0.15) is 5.10 Å². The number of aromatic nitrogens is 2. The minimum absolute atomic E-state index is 0.0589. The average Bonchev–Trinajstić information content (AvgIpc) is 2.83. The number of hydrogen-bond donors (Lipinski definition) is 1. The first-order valence-electron chi connectivity index (χ1n) is 8.07. The fourth-order valence-electron chi connectivity index (χ4n) is 2.74. The lowest BCUT2D eigenvalue weighted by molar-refractivity contribution is 0.600. The maximum Gasteiger partial charge on any atom is 0.237 e. The zero-order valence-electron chi connectivity index (χ0n) is 14.3. The average molecular weight is 355 g/mol. The second kappa shape index (κ2) is 7.11. The summed E-state index contributed by atoms with van der Waals surface area (Å²) in [6.45, 7) is 4.30. The van der Waals surface area contributed by atoms with E-state index in [1.165, 1.54) is 0 Å². The van der Waals surface area contributed by atoms with Crippen molar-refractivity contribution in [2.45, 2.75) is 26.1 Å². The van der Waals surface area contributed by atoms with E-state index in [1.807, 2.05) is 67.1 Å². The van der Waals surface area contributed by atoms with E-state index in [1.54, 1.807) is 12.1 Å². The summed E-state index contributed by atoms with van der Waals surface area (Å²) in [5, 5.41) is 4.49. The van der Waals surface area contributed by atoms with Crippen LogP contribution in [0.4, 0.5) is 5.69 Å². The Hall–Kier alpha value is -2.60. The van der Waals surface area contributed by atoms with Gasteiger partial charge >= 0.3 is 0 Å². The van der Waals surface area contributed by atoms with Crippen LogP contribution in [0.25, 0.3) is 0 Å². The molecule has 0 fully saturated rings. The molecule has 2 aromatic carbocycles. The summed E-state index contributed by atoms with van der Waals surface area (Å²) in [5.41, 5.74) is 3.91. The minimum Gasteiger partial charge on any atom is -0.280 e. The zero-order valence-corrected chi connectivity index (χ0v) is 15.1. The van der Waals surface area contributed by atoms with E-state index in [0.29, 0.717) is 17.9 Å². The number of hydrogen-bond acceptors (Lipinski definition) is 3. The van der Waals surface area contributed by atoms with Gasteiger partial charge in [-0.25, -0.2) is 8.42 Å². The van der Waals surface area contributed by atoms with Crippen molar-refractivity contribution in [2.75, 3.05) is 4.72 Å². The van der Waals surface area contributed by atoms with E-state index in [-0.39, 0.29) is 5.75 Å². The van der Waals surface area contributed by atoms with Crippen LogP contribution in [0.15, 0.2) is 60.7 Å². The van der Waals surface area contributed by atoms with Gasteiger partial charge in [0.15, 0.2) is 0 Å². The SMILES string of the molecule is Cc1nn(Cc2ccccc2)c(C)c1NS(=O)(=O)Cc1ccccc1. The van der Waals surface area contributed by atoms with Crippen molar-refractivity contribution in [3.63, 3.8) is 0 Å². The van der Waals surface area contributed by atoms with Gasteiger partial charge in [0.1, 0.15) is 0 Å². The first-order valence-corrected chi connectivity index (χ1v) is 9.72. The van der Waals surface area contributed by atoms with Crippen molar-refractivity contribution in [2.24, 2.45) is 0 Å². The van der Waals surface area contributed by atoms with Crippen LogP contribution in [0.3, 0.4) is 0 Å². The number of aryl methyl sites for hydroxylation is 1. The summed E-state index contributed by atoms with van der Waals surface area (Å²) in [6, 6.07) is 19.1. The third-order valence-corrected chi connectivity index (χ3v) is 5.24. The van der Waals surface area contributed by atoms with Gasteiger partial charge in [-0.1, -0.05) is 60.7 Å². The Labute approximate surface area is 148 Å². The van der Waals surface area contributed by atoms with Gasteiger partial charge in [0.05, 0.1) is 29.4 Å². The summed E-state index contributed by atoms with van der Waals surface area (Å²) in [5.74, 6) is -0.0589. The fourth-order valence-corrected chi connectivity index (χ4v) is 4.05. The molecule has 0 aliphatic heterocycles. The highest BCUT2D eigenvalue weighted by Gasteiger charge is 2.18. The molecule has 6 heteroatoms. The Bertz CT molecular complexity index is 949. The second-order valence-corrected chi connectivity index (χ2v) is 7.76. The molecule has 3 aromatic rings. The molecule has 1 heterocycles. The summed E-state index contributed by atoms with van der Waals surface area (Å²) in [6.07, 6.45) is 0. The molecule has 1 aromatic heterocycles. The van der Waals surface area contributed by atoms with Crippen LogP contribution < -0.4 is 4.72 Å². The lowest BCUT2D eigenvalue weighted by atomic mass is 10.2. The van der Waals surface area contributed by atoms with Crippen LogP contribution in [0.2, 0.25) is 0 Å². The molecule has 0 atom stereocenters. The Morgan fingerprint density at radius 3 is 2.08 bits per heavy atom. The van der Waals surface area contributed by atoms with Crippen molar-refractivity contribution in [3.05, 3.63) is 83.2 Å². The second-order valence-electron chi connectivity index (χ2n) is 6.04. The van der Waals surface area contributed by atoms with Gasteiger partial charge in [-0.3, -0.25) is 9.40 Å². The molecule has 0 amide bonds. The Morgan fingerprint density at radius 2 is 1.48 bits per heavy atom. The van der Waals surface area contributed by atoms with Gasteiger partial charge in [0, 0.05) is 0 Å². The summed E-state index contributed by atoms with van der Waals surface area (Å²) in [7, 11) is -3.50. The highest BCUT2D eigenvalue weighted by molar-refractivity contribution is 7.91. The first-order chi connectivity index (χ1) is 11.9. The molecule has 0 saturated heterocycles. The van der Waals surface area contributed by atoms with Crippen LogP contribution in [0, 0.1) is 13.8 Å². The predicted molar refractivity (Wildman–Crippen MR) is 99.9 cm³/mol. The third-order valence-electron chi connectivity index (χ3n) is 4.01. The quantitative estimate of drug-likeness (QED) is 0.736. The predicted octanol–water partition coefficient (Wildman–Crippen LogP) is 3.49. The third kappa shape index (κ3) is 4.28. The lowest BCUT2D eigenvalue weighted by Gasteiger charge is -2.09. The number of nitrogens with zero attached hydrogens (tertiary/aromatic N) is 2. The molecule has 0 aliphatic rings. The van der Waals surface area contributed by atoms with E-state index in [2.05, 4.69) is 9.82 Å². The highest BCUT2D eigenvalue weighted by atomic mass is 32.2. The minimum atomic E-state index is -3.50. The van der Waals surface area contributed by atoms with Gasteiger partial charge in [-0.05, 0) is 25.0 Å². The number of rotatable bonds is 6. The molecule has 0 saturated carbocycles.